The van der Waals surface area contributed by atoms with Crippen LogP contribution < -0.4 is 10.5 Å². The number of hydrogen-bond acceptors (Lipinski definition) is 2. The summed E-state index contributed by atoms with van der Waals surface area (Å²) in [4.78, 5) is 3.44. The third kappa shape index (κ3) is 4.75. The van der Waals surface area contributed by atoms with Crippen LogP contribution in [0, 0.1) is 0 Å². The Morgan fingerprint density at radius 1 is 0.839 bits per heavy atom. The molecular formula is C25H23F3N2O. The van der Waals surface area contributed by atoms with Gasteiger partial charge in [-0.25, -0.2) is 0 Å². The molecule has 0 aliphatic carbocycles. The number of fused-ring (bicyclic) bond motifs is 1. The predicted molar refractivity (Wildman–Crippen MR) is 118 cm³/mol. The lowest BCUT2D eigenvalue weighted by Crippen LogP contribution is -2.16. The Labute approximate surface area is 178 Å². The molecule has 0 unspecified atom stereocenters. The van der Waals surface area contributed by atoms with Crippen LogP contribution in [-0.2, 0) is 6.42 Å². The summed E-state index contributed by atoms with van der Waals surface area (Å²) in [6.45, 7) is 0.570. The fourth-order valence-electron chi connectivity index (χ4n) is 3.93. The Hall–Kier alpha value is -3.25. The van der Waals surface area contributed by atoms with Gasteiger partial charge in [-0.2, -0.15) is 0 Å². The van der Waals surface area contributed by atoms with Crippen molar-refractivity contribution in [3.8, 4) is 28.1 Å². The quantitative estimate of drug-likeness (QED) is 0.325. The van der Waals surface area contributed by atoms with Crippen LogP contribution in [0.2, 0.25) is 0 Å². The molecule has 0 bridgehead atoms. The van der Waals surface area contributed by atoms with Gasteiger partial charge in [0.2, 0.25) is 0 Å². The van der Waals surface area contributed by atoms with E-state index in [1.807, 2.05) is 48.5 Å². The highest BCUT2D eigenvalue weighted by Crippen LogP contribution is 2.39. The van der Waals surface area contributed by atoms with E-state index in [0.717, 1.165) is 51.7 Å². The number of aromatic nitrogens is 1. The van der Waals surface area contributed by atoms with E-state index in [4.69, 9.17) is 5.73 Å². The monoisotopic (exact) mass is 424 g/mol. The average Bonchev–Trinajstić information content (AvgIpc) is 3.11. The molecule has 1 aromatic heterocycles. The molecule has 160 valence electrons. The molecule has 4 aromatic rings. The normalized spacial score (nSPS) is 11.7. The number of ether oxygens (including phenoxy) is 1. The molecule has 0 saturated heterocycles. The van der Waals surface area contributed by atoms with E-state index in [2.05, 4.69) is 15.8 Å². The van der Waals surface area contributed by atoms with Crippen LogP contribution in [0.25, 0.3) is 33.3 Å². The van der Waals surface area contributed by atoms with Gasteiger partial charge in [-0.05, 0) is 60.7 Å². The molecule has 0 atom stereocenters. The Balaban J connectivity index is 1.87. The van der Waals surface area contributed by atoms with Gasteiger partial charge in [-0.1, -0.05) is 54.6 Å². The van der Waals surface area contributed by atoms with Crippen LogP contribution in [0.3, 0.4) is 0 Å². The molecular weight excluding hydrogens is 401 g/mol. The van der Waals surface area contributed by atoms with E-state index in [0.29, 0.717) is 13.0 Å². The summed E-state index contributed by atoms with van der Waals surface area (Å²) in [6.07, 6.45) is -2.35. The molecule has 4 rings (SSSR count). The van der Waals surface area contributed by atoms with Crippen molar-refractivity contribution in [2.45, 2.75) is 25.6 Å². The maximum absolute atomic E-state index is 12.8. The first-order valence-electron chi connectivity index (χ1n) is 10.2. The predicted octanol–water partition coefficient (Wildman–Crippen LogP) is 6.68. The summed E-state index contributed by atoms with van der Waals surface area (Å²) < 4.78 is 42.4. The second-order valence-corrected chi connectivity index (χ2v) is 7.39. The standard InChI is InChI=1S/C25H23F3N2O/c26-25(27,28)31-18-13-14-23-22(16-18)21(12-6-7-15-29)24(30-23)20-11-5-4-10-19(20)17-8-2-1-3-9-17/h1-5,8-11,13-14,16,30H,6-7,12,15,29H2. The topological polar surface area (TPSA) is 51.0 Å². The average molecular weight is 424 g/mol. The van der Waals surface area contributed by atoms with Crippen LogP contribution in [0.5, 0.6) is 5.75 Å². The second-order valence-electron chi connectivity index (χ2n) is 7.39. The van der Waals surface area contributed by atoms with Crippen molar-refractivity contribution >= 4 is 10.9 Å². The minimum absolute atomic E-state index is 0.220. The van der Waals surface area contributed by atoms with E-state index in [1.54, 1.807) is 6.07 Å². The highest BCUT2D eigenvalue weighted by atomic mass is 19.4. The third-order valence-electron chi connectivity index (χ3n) is 5.27. The van der Waals surface area contributed by atoms with Crippen molar-refractivity contribution in [1.29, 1.82) is 0 Å². The second kappa shape index (κ2) is 8.86. The maximum atomic E-state index is 12.8. The Morgan fingerprint density at radius 2 is 1.55 bits per heavy atom. The zero-order valence-corrected chi connectivity index (χ0v) is 16.9. The van der Waals surface area contributed by atoms with E-state index in [1.165, 1.54) is 12.1 Å². The Morgan fingerprint density at radius 3 is 2.26 bits per heavy atom. The molecule has 31 heavy (non-hydrogen) atoms. The fourth-order valence-corrected chi connectivity index (χ4v) is 3.93. The molecule has 3 nitrogen and oxygen atoms in total. The van der Waals surface area contributed by atoms with Crippen LogP contribution in [0.4, 0.5) is 13.2 Å². The maximum Gasteiger partial charge on any atom is 0.573 e. The fraction of sp³-hybridized carbons (Fsp3) is 0.200. The molecule has 0 radical (unpaired) electrons. The molecule has 0 saturated carbocycles. The zero-order chi connectivity index (χ0) is 21.8. The molecule has 0 aliphatic rings. The van der Waals surface area contributed by atoms with Crippen molar-refractivity contribution < 1.29 is 17.9 Å². The van der Waals surface area contributed by atoms with E-state index in [-0.39, 0.29) is 5.75 Å². The number of alkyl halides is 3. The first kappa shape index (κ1) is 21.0. The van der Waals surface area contributed by atoms with Crippen molar-refractivity contribution in [3.05, 3.63) is 78.4 Å². The summed E-state index contributed by atoms with van der Waals surface area (Å²) in [5.41, 5.74) is 11.5. The number of benzene rings is 3. The summed E-state index contributed by atoms with van der Waals surface area (Å²) in [5.74, 6) is -0.220. The van der Waals surface area contributed by atoms with Crippen molar-refractivity contribution in [2.24, 2.45) is 5.73 Å². The molecule has 6 heteroatoms. The minimum Gasteiger partial charge on any atom is -0.406 e. The Kier molecular flexibility index (Phi) is 6.00. The molecule has 0 fully saturated rings. The molecule has 0 spiro atoms. The number of aromatic amines is 1. The summed E-state index contributed by atoms with van der Waals surface area (Å²) in [6, 6.07) is 22.5. The number of nitrogens with one attached hydrogen (secondary N) is 1. The highest BCUT2D eigenvalue weighted by molar-refractivity contribution is 5.95. The van der Waals surface area contributed by atoms with E-state index in [9.17, 15) is 13.2 Å². The summed E-state index contributed by atoms with van der Waals surface area (Å²) in [5, 5.41) is 0.733. The molecule has 1 heterocycles. The van der Waals surface area contributed by atoms with Crippen molar-refractivity contribution in [3.63, 3.8) is 0 Å². The van der Waals surface area contributed by atoms with Gasteiger partial charge in [0.05, 0.1) is 5.69 Å². The van der Waals surface area contributed by atoms with E-state index >= 15 is 0 Å². The molecule has 3 N–H and O–H groups in total. The SMILES string of the molecule is NCCCCc1c(-c2ccccc2-c2ccccc2)[nH]c2ccc(OC(F)(F)F)cc12. The van der Waals surface area contributed by atoms with Gasteiger partial charge in [0, 0.05) is 16.5 Å². The van der Waals surface area contributed by atoms with Crippen molar-refractivity contribution in [2.75, 3.05) is 6.54 Å². The molecule has 0 aliphatic heterocycles. The number of halogens is 3. The smallest absolute Gasteiger partial charge is 0.406 e. The van der Waals surface area contributed by atoms with Crippen LogP contribution in [-0.4, -0.2) is 17.9 Å². The van der Waals surface area contributed by atoms with Crippen LogP contribution >= 0.6 is 0 Å². The number of rotatable bonds is 7. The lowest BCUT2D eigenvalue weighted by atomic mass is 9.94. The van der Waals surface area contributed by atoms with Crippen LogP contribution in [0.15, 0.2) is 72.8 Å². The van der Waals surface area contributed by atoms with Gasteiger partial charge in [-0.3, -0.25) is 0 Å². The molecule has 3 aromatic carbocycles. The van der Waals surface area contributed by atoms with E-state index < -0.39 is 6.36 Å². The number of H-pyrrole nitrogens is 1. The number of aryl methyl sites for hydroxylation is 1. The van der Waals surface area contributed by atoms with Crippen LogP contribution in [0.1, 0.15) is 18.4 Å². The first-order valence-corrected chi connectivity index (χ1v) is 10.2. The number of hydrogen-bond donors (Lipinski definition) is 2. The van der Waals surface area contributed by atoms with Crippen molar-refractivity contribution in [1.82, 2.24) is 4.98 Å². The minimum atomic E-state index is -4.73. The Bertz CT molecular complexity index is 1170. The summed E-state index contributed by atoms with van der Waals surface area (Å²) >= 11 is 0. The van der Waals surface area contributed by atoms with Gasteiger partial charge >= 0.3 is 6.36 Å². The van der Waals surface area contributed by atoms with Gasteiger partial charge in [-0.15, -0.1) is 13.2 Å². The largest absolute Gasteiger partial charge is 0.573 e. The zero-order valence-electron chi connectivity index (χ0n) is 16.9. The van der Waals surface area contributed by atoms with Gasteiger partial charge in [0.1, 0.15) is 5.75 Å². The lowest BCUT2D eigenvalue weighted by molar-refractivity contribution is -0.274. The summed E-state index contributed by atoms with van der Waals surface area (Å²) in [7, 11) is 0. The highest BCUT2D eigenvalue weighted by Gasteiger charge is 2.31. The number of nitrogens with two attached hydrogens (primary N) is 1. The van der Waals surface area contributed by atoms with Gasteiger partial charge in [0.15, 0.2) is 0 Å². The number of unbranched alkanes of at least 4 members (excludes halogenated alkanes) is 1. The third-order valence-corrected chi connectivity index (χ3v) is 5.27. The van der Waals surface area contributed by atoms with Gasteiger partial charge < -0.3 is 15.5 Å². The van der Waals surface area contributed by atoms with Gasteiger partial charge in [0.25, 0.3) is 0 Å². The molecule has 0 amide bonds. The lowest BCUT2D eigenvalue weighted by Gasteiger charge is -2.12. The first-order chi connectivity index (χ1) is 15.0.